The zero-order valence-corrected chi connectivity index (χ0v) is 19.7. The number of aromatic nitrogens is 1. The van der Waals surface area contributed by atoms with E-state index in [9.17, 15) is 9.59 Å². The van der Waals surface area contributed by atoms with Crippen molar-refractivity contribution in [2.45, 2.75) is 46.6 Å². The second-order valence-corrected chi connectivity index (χ2v) is 9.32. The number of amides is 2. The molecule has 0 unspecified atom stereocenters. The molecule has 2 amide bonds. The molecule has 0 aliphatic carbocycles. The summed E-state index contributed by atoms with van der Waals surface area (Å²) in [5.41, 5.74) is 3.79. The van der Waals surface area contributed by atoms with Crippen molar-refractivity contribution in [1.82, 2.24) is 15.4 Å². The van der Waals surface area contributed by atoms with E-state index in [0.717, 1.165) is 16.7 Å². The summed E-state index contributed by atoms with van der Waals surface area (Å²) in [5, 5.41) is 7.01. The van der Waals surface area contributed by atoms with Crippen molar-refractivity contribution in [3.05, 3.63) is 77.2 Å². The molecule has 1 N–H and O–H groups in total. The number of benzene rings is 2. The van der Waals surface area contributed by atoms with Gasteiger partial charge in [-0.15, -0.1) is 0 Å². The molecule has 0 spiro atoms. The van der Waals surface area contributed by atoms with E-state index in [1.54, 1.807) is 18.7 Å². The van der Waals surface area contributed by atoms with Gasteiger partial charge in [0.2, 0.25) is 5.91 Å². The van der Waals surface area contributed by atoms with Gasteiger partial charge in [0.25, 0.3) is 5.91 Å². The summed E-state index contributed by atoms with van der Waals surface area (Å²) in [5.74, 6) is 0.390. The fraction of sp³-hybridized carbons (Fsp3) is 0.370. The number of nitrogens with one attached hydrogen (secondary N) is 1. The second kappa shape index (κ2) is 9.22. The molecule has 1 atom stereocenters. The highest BCUT2D eigenvalue weighted by Gasteiger charge is 2.46. The number of aryl methyl sites for hydroxylation is 2. The van der Waals surface area contributed by atoms with Crippen molar-refractivity contribution in [3.8, 4) is 11.1 Å². The molecule has 2 aromatic carbocycles. The Balaban J connectivity index is 1.58. The summed E-state index contributed by atoms with van der Waals surface area (Å²) in [4.78, 5) is 28.4. The molecule has 1 saturated heterocycles. The molecule has 1 aromatic heterocycles. The van der Waals surface area contributed by atoms with Crippen molar-refractivity contribution in [1.29, 1.82) is 0 Å². The molecule has 1 aliphatic rings. The Kier molecular flexibility index (Phi) is 6.36. The molecule has 4 rings (SSSR count). The van der Waals surface area contributed by atoms with E-state index in [-0.39, 0.29) is 17.9 Å². The molecule has 0 radical (unpaired) electrons. The van der Waals surface area contributed by atoms with Gasteiger partial charge in [0.15, 0.2) is 0 Å². The lowest BCUT2D eigenvalue weighted by Crippen LogP contribution is -2.47. The first-order chi connectivity index (χ1) is 15.8. The zero-order valence-electron chi connectivity index (χ0n) is 19.7. The third kappa shape index (κ3) is 4.70. The quantitative estimate of drug-likeness (QED) is 0.604. The number of hydrogen-bond acceptors (Lipinski definition) is 4. The first-order valence-corrected chi connectivity index (χ1v) is 11.5. The van der Waals surface area contributed by atoms with Gasteiger partial charge < -0.3 is 14.7 Å². The van der Waals surface area contributed by atoms with E-state index < -0.39 is 5.41 Å². The summed E-state index contributed by atoms with van der Waals surface area (Å²) in [7, 11) is 0. The maximum absolute atomic E-state index is 13.4. The molecule has 0 saturated carbocycles. The normalized spacial score (nSPS) is 18.0. The molecule has 2 heterocycles. The van der Waals surface area contributed by atoms with Crippen molar-refractivity contribution in [2.24, 2.45) is 5.41 Å². The number of hydrogen-bond donors (Lipinski definition) is 1. The van der Waals surface area contributed by atoms with Gasteiger partial charge in [0.1, 0.15) is 11.3 Å². The molecule has 6 nitrogen and oxygen atoms in total. The Bertz CT molecular complexity index is 1120. The molecule has 172 valence electrons. The third-order valence-electron chi connectivity index (χ3n) is 6.39. The number of carbonyl (C=O) groups is 2. The Morgan fingerprint density at radius 1 is 1.06 bits per heavy atom. The van der Waals surface area contributed by atoms with Gasteiger partial charge in [0, 0.05) is 19.1 Å². The first kappa shape index (κ1) is 22.8. The topological polar surface area (TPSA) is 75.4 Å². The zero-order chi connectivity index (χ0) is 23.6. The van der Waals surface area contributed by atoms with Crippen LogP contribution < -0.4 is 5.32 Å². The molecule has 0 bridgehead atoms. The van der Waals surface area contributed by atoms with E-state index >= 15 is 0 Å². The van der Waals surface area contributed by atoms with Gasteiger partial charge in [-0.1, -0.05) is 59.8 Å². The molecule has 6 heteroatoms. The highest BCUT2D eigenvalue weighted by molar-refractivity contribution is 5.97. The number of carbonyl (C=O) groups excluding carboxylic acids is 2. The van der Waals surface area contributed by atoms with Gasteiger partial charge in [-0.25, -0.2) is 0 Å². The summed E-state index contributed by atoms with van der Waals surface area (Å²) in [6, 6.07) is 18.6. The minimum Gasteiger partial charge on any atom is -0.361 e. The van der Waals surface area contributed by atoms with Crippen molar-refractivity contribution in [3.63, 3.8) is 0 Å². The predicted molar refractivity (Wildman–Crippen MR) is 128 cm³/mol. The maximum Gasteiger partial charge on any atom is 0.259 e. The molecular weight excluding hydrogens is 414 g/mol. The second-order valence-electron chi connectivity index (χ2n) is 9.32. The summed E-state index contributed by atoms with van der Waals surface area (Å²) in [6.45, 7) is 8.33. The molecular formula is C27H31N3O3. The summed E-state index contributed by atoms with van der Waals surface area (Å²) in [6.07, 6.45) is 1.19. The Hall–Kier alpha value is -3.41. The smallest absolute Gasteiger partial charge is 0.259 e. The van der Waals surface area contributed by atoms with Crippen molar-refractivity contribution >= 4 is 11.8 Å². The number of nitrogens with zero attached hydrogens (tertiary/aromatic N) is 2. The van der Waals surface area contributed by atoms with Crippen LogP contribution in [0.25, 0.3) is 11.1 Å². The lowest BCUT2D eigenvalue weighted by molar-refractivity contribution is -0.130. The molecule has 1 fully saturated rings. The van der Waals surface area contributed by atoms with E-state index in [0.29, 0.717) is 42.9 Å². The molecule has 33 heavy (non-hydrogen) atoms. The predicted octanol–water partition coefficient (Wildman–Crippen LogP) is 4.56. The minimum absolute atomic E-state index is 0.00121. The fourth-order valence-corrected chi connectivity index (χ4v) is 4.65. The Morgan fingerprint density at radius 2 is 1.73 bits per heavy atom. The van der Waals surface area contributed by atoms with E-state index in [1.807, 2.05) is 32.0 Å². The van der Waals surface area contributed by atoms with Crippen LogP contribution in [0.15, 0.2) is 59.1 Å². The maximum atomic E-state index is 13.4. The van der Waals surface area contributed by atoms with Gasteiger partial charge >= 0.3 is 0 Å². The van der Waals surface area contributed by atoms with Crippen LogP contribution in [0.2, 0.25) is 0 Å². The number of rotatable bonds is 6. The van der Waals surface area contributed by atoms with E-state index in [4.69, 9.17) is 4.52 Å². The fourth-order valence-electron chi connectivity index (χ4n) is 4.65. The van der Waals surface area contributed by atoms with Crippen LogP contribution in [0.1, 0.15) is 47.6 Å². The number of likely N-dealkylation sites (tertiary alicyclic amines) is 1. The van der Waals surface area contributed by atoms with Crippen LogP contribution >= 0.6 is 0 Å². The Morgan fingerprint density at radius 3 is 2.33 bits per heavy atom. The summed E-state index contributed by atoms with van der Waals surface area (Å²) < 4.78 is 5.19. The van der Waals surface area contributed by atoms with Gasteiger partial charge in [-0.05, 0) is 57.2 Å². The SMILES string of the molecule is Cc1noc(C)c1C(=O)N1CC[C@](Cc2ccc(-c3ccccc3)cc2)(C(=O)NC(C)C)C1. The van der Waals surface area contributed by atoms with Crippen LogP contribution in [-0.2, 0) is 11.2 Å². The van der Waals surface area contributed by atoms with E-state index in [1.165, 1.54) is 0 Å². The minimum atomic E-state index is -0.673. The molecule has 3 aromatic rings. The van der Waals surface area contributed by atoms with Crippen LogP contribution in [0.5, 0.6) is 0 Å². The van der Waals surface area contributed by atoms with Crippen LogP contribution in [0, 0.1) is 19.3 Å². The van der Waals surface area contributed by atoms with E-state index in [2.05, 4.69) is 46.9 Å². The van der Waals surface area contributed by atoms with Crippen molar-refractivity contribution in [2.75, 3.05) is 13.1 Å². The first-order valence-electron chi connectivity index (χ1n) is 11.5. The summed E-state index contributed by atoms with van der Waals surface area (Å²) >= 11 is 0. The average Bonchev–Trinajstić information content (AvgIpc) is 3.38. The van der Waals surface area contributed by atoms with Gasteiger partial charge in [-0.2, -0.15) is 0 Å². The van der Waals surface area contributed by atoms with Gasteiger partial charge in [-0.3, -0.25) is 9.59 Å². The lowest BCUT2D eigenvalue weighted by atomic mass is 9.79. The highest BCUT2D eigenvalue weighted by Crippen LogP contribution is 2.36. The Labute approximate surface area is 195 Å². The van der Waals surface area contributed by atoms with Crippen LogP contribution in [0.3, 0.4) is 0 Å². The highest BCUT2D eigenvalue weighted by atomic mass is 16.5. The molecule has 1 aliphatic heterocycles. The lowest BCUT2D eigenvalue weighted by Gasteiger charge is -2.29. The standard InChI is InChI=1S/C27H31N3O3/c1-18(2)28-26(32)27(14-15-30(17-27)25(31)24-19(3)29-33-20(24)4)16-21-10-12-23(13-11-21)22-8-6-5-7-9-22/h5-13,18H,14-17H2,1-4H3,(H,28,32)/t27-/m1/s1. The monoisotopic (exact) mass is 445 g/mol. The average molecular weight is 446 g/mol. The van der Waals surface area contributed by atoms with Crippen LogP contribution in [0.4, 0.5) is 0 Å². The third-order valence-corrected chi connectivity index (χ3v) is 6.39. The van der Waals surface area contributed by atoms with Gasteiger partial charge in [0.05, 0.1) is 11.1 Å². The van der Waals surface area contributed by atoms with Crippen LogP contribution in [-0.4, -0.2) is 41.0 Å². The van der Waals surface area contributed by atoms with Crippen molar-refractivity contribution < 1.29 is 14.1 Å². The largest absolute Gasteiger partial charge is 0.361 e.